The van der Waals surface area contributed by atoms with Crippen LogP contribution in [0, 0.1) is 0 Å². The molecule has 6 nitrogen and oxygen atoms in total. The van der Waals surface area contributed by atoms with Crippen molar-refractivity contribution in [2.45, 2.75) is 19.3 Å². The lowest BCUT2D eigenvalue weighted by molar-refractivity contribution is -0.131. The van der Waals surface area contributed by atoms with Crippen molar-refractivity contribution in [1.82, 2.24) is 0 Å². The van der Waals surface area contributed by atoms with E-state index in [2.05, 4.69) is 6.58 Å². The molecule has 13 heavy (non-hydrogen) atoms. The number of aliphatic carboxylic acids is 1. The number of carboxylic acids is 1. The predicted octanol–water partition coefficient (Wildman–Crippen LogP) is 0.499. The lowest BCUT2D eigenvalue weighted by atomic mass is 10.7. The van der Waals surface area contributed by atoms with E-state index in [0.29, 0.717) is 0 Å². The van der Waals surface area contributed by atoms with Gasteiger partial charge in [-0.25, -0.2) is 9.36 Å². The summed E-state index contributed by atoms with van der Waals surface area (Å²) < 4.78 is 8.88. The lowest BCUT2D eigenvalue weighted by Gasteiger charge is -1.82. The zero-order valence-electron chi connectivity index (χ0n) is 6.96. The molecule has 0 bridgehead atoms. The molecule has 1 saturated carbocycles. The standard InChI is InChI=1S/C3H4O2.C3H6.H3O4P/c1-2-3(4)5;1-2-3-1;1-5(2,3)4/h2H,1H2,(H,4,5);1-3H2;(H3,1,2,3,4). The molecule has 0 aromatic heterocycles. The fraction of sp³-hybridized carbons (Fsp3) is 0.500. The lowest BCUT2D eigenvalue weighted by Crippen LogP contribution is -1.82. The first kappa shape index (κ1) is 14.8. The van der Waals surface area contributed by atoms with Gasteiger partial charge in [0, 0.05) is 6.08 Å². The van der Waals surface area contributed by atoms with Gasteiger partial charge in [0.05, 0.1) is 0 Å². The molecular weight excluding hydrogens is 199 g/mol. The highest BCUT2D eigenvalue weighted by Gasteiger charge is 2.00. The molecule has 0 aromatic rings. The highest BCUT2D eigenvalue weighted by molar-refractivity contribution is 7.45. The first-order chi connectivity index (χ1) is 5.77. The maximum Gasteiger partial charge on any atom is 0.466 e. The van der Waals surface area contributed by atoms with Crippen molar-refractivity contribution in [3.8, 4) is 0 Å². The normalized spacial score (nSPS) is 12.5. The van der Waals surface area contributed by atoms with E-state index in [0.717, 1.165) is 6.08 Å². The van der Waals surface area contributed by atoms with Crippen molar-refractivity contribution >= 4 is 13.8 Å². The molecule has 1 aliphatic rings. The van der Waals surface area contributed by atoms with Gasteiger partial charge in [-0.15, -0.1) is 0 Å². The fourth-order valence-electron chi connectivity index (χ4n) is 0. The van der Waals surface area contributed by atoms with Gasteiger partial charge in [0.15, 0.2) is 0 Å². The Bertz CT molecular complexity index is 182. The summed E-state index contributed by atoms with van der Waals surface area (Å²) in [6, 6.07) is 0. The van der Waals surface area contributed by atoms with Crippen molar-refractivity contribution < 1.29 is 29.1 Å². The molecule has 78 valence electrons. The SMILES string of the molecule is C1CC1.C=CC(=O)O.O=P(O)(O)O. The number of hydrogen-bond donors (Lipinski definition) is 4. The first-order valence-corrected chi connectivity index (χ1v) is 4.97. The fourth-order valence-corrected chi connectivity index (χ4v) is 0. The van der Waals surface area contributed by atoms with Crippen molar-refractivity contribution in [3.63, 3.8) is 0 Å². The topological polar surface area (TPSA) is 115 Å². The number of hydrogen-bond acceptors (Lipinski definition) is 2. The molecule has 0 heterocycles. The smallest absolute Gasteiger partial charge is 0.466 e. The van der Waals surface area contributed by atoms with Crippen LogP contribution in [-0.4, -0.2) is 25.8 Å². The molecular formula is C6H13O6P. The Balaban J connectivity index is 0. The van der Waals surface area contributed by atoms with E-state index in [1.54, 1.807) is 0 Å². The zero-order valence-corrected chi connectivity index (χ0v) is 7.85. The van der Waals surface area contributed by atoms with Gasteiger partial charge in [0.25, 0.3) is 0 Å². The third-order valence-electron chi connectivity index (χ3n) is 0.528. The van der Waals surface area contributed by atoms with Crippen LogP contribution in [0.5, 0.6) is 0 Å². The molecule has 1 aliphatic carbocycles. The second kappa shape index (κ2) is 7.94. The van der Waals surface area contributed by atoms with Crippen LogP contribution in [-0.2, 0) is 9.36 Å². The molecule has 0 spiro atoms. The molecule has 1 rings (SSSR count). The third-order valence-corrected chi connectivity index (χ3v) is 0.528. The van der Waals surface area contributed by atoms with Gasteiger partial charge in [0.2, 0.25) is 0 Å². The van der Waals surface area contributed by atoms with Crippen LogP contribution in [0.3, 0.4) is 0 Å². The molecule has 7 heteroatoms. The summed E-state index contributed by atoms with van der Waals surface area (Å²) in [5, 5.41) is 7.60. The molecule has 1 fully saturated rings. The molecule has 0 unspecified atom stereocenters. The second-order valence-corrected chi connectivity index (χ2v) is 3.14. The quantitative estimate of drug-likeness (QED) is 0.371. The average molecular weight is 212 g/mol. The van der Waals surface area contributed by atoms with Crippen molar-refractivity contribution in [1.29, 1.82) is 0 Å². The van der Waals surface area contributed by atoms with E-state index < -0.39 is 13.8 Å². The Morgan fingerprint density at radius 1 is 1.23 bits per heavy atom. The summed E-state index contributed by atoms with van der Waals surface area (Å²) in [6.45, 7) is 2.96. The van der Waals surface area contributed by atoms with Crippen molar-refractivity contribution in [2.75, 3.05) is 0 Å². The van der Waals surface area contributed by atoms with Gasteiger partial charge in [-0.2, -0.15) is 0 Å². The van der Waals surface area contributed by atoms with Gasteiger partial charge in [-0.3, -0.25) is 0 Å². The molecule has 0 amide bonds. The summed E-state index contributed by atoms with van der Waals surface area (Å²) in [4.78, 5) is 30.8. The minimum absolute atomic E-state index is 0.833. The van der Waals surface area contributed by atoms with Crippen LogP contribution >= 0.6 is 7.82 Å². The van der Waals surface area contributed by atoms with Gasteiger partial charge in [0.1, 0.15) is 0 Å². The van der Waals surface area contributed by atoms with Crippen LogP contribution in [0.25, 0.3) is 0 Å². The van der Waals surface area contributed by atoms with Crippen LogP contribution in [0.15, 0.2) is 12.7 Å². The highest BCUT2D eigenvalue weighted by Crippen LogP contribution is 2.25. The summed E-state index contributed by atoms with van der Waals surface area (Å²) >= 11 is 0. The van der Waals surface area contributed by atoms with E-state index in [-0.39, 0.29) is 0 Å². The first-order valence-electron chi connectivity index (χ1n) is 3.41. The van der Waals surface area contributed by atoms with E-state index in [1.807, 2.05) is 0 Å². The second-order valence-electron chi connectivity index (χ2n) is 2.12. The maximum absolute atomic E-state index is 9.25. The Morgan fingerprint density at radius 2 is 1.38 bits per heavy atom. The minimum Gasteiger partial charge on any atom is -0.478 e. The van der Waals surface area contributed by atoms with E-state index in [9.17, 15) is 4.79 Å². The van der Waals surface area contributed by atoms with E-state index >= 15 is 0 Å². The molecule has 4 N–H and O–H groups in total. The van der Waals surface area contributed by atoms with Crippen LogP contribution in [0.2, 0.25) is 0 Å². The van der Waals surface area contributed by atoms with Crippen LogP contribution < -0.4 is 0 Å². The minimum atomic E-state index is -4.64. The molecule has 0 aliphatic heterocycles. The van der Waals surface area contributed by atoms with Gasteiger partial charge in [-0.05, 0) is 0 Å². The molecule has 0 saturated heterocycles. The largest absolute Gasteiger partial charge is 0.478 e. The highest BCUT2D eigenvalue weighted by atomic mass is 31.2. The summed E-state index contributed by atoms with van der Waals surface area (Å²) in [6.07, 6.45) is 5.33. The number of phosphoric acid groups is 1. The Hall–Kier alpha value is -0.680. The van der Waals surface area contributed by atoms with Crippen LogP contribution in [0.4, 0.5) is 0 Å². The third kappa shape index (κ3) is 183. The van der Waals surface area contributed by atoms with E-state index in [1.165, 1.54) is 19.3 Å². The molecule has 0 atom stereocenters. The number of carboxylic acid groups (broad SMARTS) is 1. The summed E-state index contributed by atoms with van der Waals surface area (Å²) in [5.41, 5.74) is 0. The molecule has 0 aromatic carbocycles. The van der Waals surface area contributed by atoms with Gasteiger partial charge in [-0.1, -0.05) is 25.8 Å². The summed E-state index contributed by atoms with van der Waals surface area (Å²) in [7, 11) is -4.64. The maximum atomic E-state index is 9.25. The Kier molecular flexibility index (Phi) is 9.06. The number of rotatable bonds is 1. The van der Waals surface area contributed by atoms with Crippen molar-refractivity contribution in [2.24, 2.45) is 0 Å². The number of carbonyl (C=O) groups is 1. The molecule has 0 radical (unpaired) electrons. The predicted molar refractivity (Wildman–Crippen MR) is 45.9 cm³/mol. The zero-order chi connectivity index (χ0) is 10.9. The van der Waals surface area contributed by atoms with Crippen molar-refractivity contribution in [3.05, 3.63) is 12.7 Å². The average Bonchev–Trinajstić information content (AvgIpc) is 2.67. The van der Waals surface area contributed by atoms with Crippen LogP contribution in [0.1, 0.15) is 19.3 Å². The Morgan fingerprint density at radius 3 is 1.38 bits per heavy atom. The Labute approximate surface area is 75.8 Å². The summed E-state index contributed by atoms with van der Waals surface area (Å²) in [5.74, 6) is -0.981. The van der Waals surface area contributed by atoms with E-state index in [4.69, 9.17) is 24.4 Å². The van der Waals surface area contributed by atoms with Gasteiger partial charge >= 0.3 is 13.8 Å². The monoisotopic (exact) mass is 212 g/mol. The van der Waals surface area contributed by atoms with Gasteiger partial charge < -0.3 is 19.8 Å².